The van der Waals surface area contributed by atoms with E-state index in [1.165, 1.54) is 0 Å². The molecule has 2 rings (SSSR count). The number of rotatable bonds is 2. The number of hydrogen-bond acceptors (Lipinski definition) is 3. The first kappa shape index (κ1) is 10.2. The second kappa shape index (κ2) is 4.04. The Bertz CT molecular complexity index is 363. The summed E-state index contributed by atoms with van der Waals surface area (Å²) in [5.41, 5.74) is -0.329. The van der Waals surface area contributed by atoms with Gasteiger partial charge in [0.05, 0.1) is 18.8 Å². The Hall–Kier alpha value is -1.33. The fraction of sp³-hybridized carbons (Fsp3) is 0.300. The van der Waals surface area contributed by atoms with Crippen LogP contribution in [-0.2, 0) is 9.47 Å². The van der Waals surface area contributed by atoms with Crippen LogP contribution in [0, 0.1) is 11.6 Å². The summed E-state index contributed by atoms with van der Waals surface area (Å²) in [5.74, 6) is -1.81. The number of carbonyl (C=O) groups is 1. The van der Waals surface area contributed by atoms with E-state index in [0.717, 1.165) is 12.1 Å². The average Bonchev–Trinajstić information content (AvgIpc) is 2.69. The molecule has 1 aromatic carbocycles. The Morgan fingerprint density at radius 2 is 1.73 bits per heavy atom. The van der Waals surface area contributed by atoms with Gasteiger partial charge >= 0.3 is 0 Å². The molecule has 5 heteroatoms. The van der Waals surface area contributed by atoms with Crippen LogP contribution in [0.2, 0.25) is 0 Å². The van der Waals surface area contributed by atoms with Crippen LogP contribution >= 0.6 is 0 Å². The van der Waals surface area contributed by atoms with Crippen molar-refractivity contribution < 1.29 is 23.0 Å². The predicted molar refractivity (Wildman–Crippen MR) is 46.4 cm³/mol. The van der Waals surface area contributed by atoms with Crippen LogP contribution in [-0.4, -0.2) is 19.5 Å². The maximum absolute atomic E-state index is 13.2. The van der Waals surface area contributed by atoms with Gasteiger partial charge < -0.3 is 9.47 Å². The molecule has 0 saturated carbocycles. The van der Waals surface area contributed by atoms with Crippen LogP contribution < -0.4 is 0 Å². The van der Waals surface area contributed by atoms with Gasteiger partial charge in [-0.25, -0.2) is 8.78 Å². The summed E-state index contributed by atoms with van der Waals surface area (Å²) in [4.78, 5) is 10.3. The predicted octanol–water partition coefficient (Wildman–Crippen LogP) is 1.82. The van der Waals surface area contributed by atoms with Crippen LogP contribution in [0.15, 0.2) is 12.1 Å². The van der Waals surface area contributed by atoms with E-state index >= 15 is 0 Å². The molecule has 0 bridgehead atoms. The lowest BCUT2D eigenvalue weighted by molar-refractivity contribution is -0.0445. The Kier molecular flexibility index (Phi) is 2.75. The Morgan fingerprint density at radius 3 is 2.20 bits per heavy atom. The monoisotopic (exact) mass is 214 g/mol. The number of aldehydes is 1. The second-order valence-corrected chi connectivity index (χ2v) is 3.09. The molecule has 1 aliphatic rings. The molecule has 1 aliphatic heterocycles. The van der Waals surface area contributed by atoms with Crippen molar-refractivity contribution in [1.29, 1.82) is 0 Å². The van der Waals surface area contributed by atoms with Gasteiger partial charge in [-0.1, -0.05) is 0 Å². The number of carbonyl (C=O) groups excluding carboxylic acids is 1. The summed E-state index contributed by atoms with van der Waals surface area (Å²) in [6.45, 7) is 0.784. The molecular formula is C10H8F2O3. The summed E-state index contributed by atoms with van der Waals surface area (Å²) in [7, 11) is 0. The number of benzene rings is 1. The zero-order valence-electron chi connectivity index (χ0n) is 7.70. The Labute approximate surface area is 84.6 Å². The van der Waals surface area contributed by atoms with Crippen molar-refractivity contribution in [2.75, 3.05) is 13.2 Å². The molecule has 0 aliphatic carbocycles. The third kappa shape index (κ3) is 1.88. The molecule has 80 valence electrons. The number of halogens is 2. The lowest BCUT2D eigenvalue weighted by atomic mass is 10.1. The molecule has 1 saturated heterocycles. The summed E-state index contributed by atoms with van der Waals surface area (Å²) in [6.07, 6.45) is -0.597. The van der Waals surface area contributed by atoms with Gasteiger partial charge in [-0.05, 0) is 12.1 Å². The molecular weight excluding hydrogens is 206 g/mol. The van der Waals surface area contributed by atoms with Crippen molar-refractivity contribution in [2.24, 2.45) is 0 Å². The standard InChI is InChI=1S/C10H8F2O3/c11-8-3-6(10-14-1-2-15-10)4-9(12)7(8)5-13/h3-5,10H,1-2H2. The highest BCUT2D eigenvalue weighted by molar-refractivity contribution is 5.75. The van der Waals surface area contributed by atoms with E-state index in [9.17, 15) is 13.6 Å². The molecule has 0 atom stereocenters. The van der Waals surface area contributed by atoms with Gasteiger partial charge in [-0.2, -0.15) is 0 Å². The highest BCUT2D eigenvalue weighted by Crippen LogP contribution is 2.25. The minimum Gasteiger partial charge on any atom is -0.346 e. The highest BCUT2D eigenvalue weighted by atomic mass is 19.1. The smallest absolute Gasteiger partial charge is 0.184 e. The van der Waals surface area contributed by atoms with Gasteiger partial charge in [0.2, 0.25) is 0 Å². The fourth-order valence-corrected chi connectivity index (χ4v) is 1.40. The molecule has 3 nitrogen and oxygen atoms in total. The van der Waals surface area contributed by atoms with Gasteiger partial charge in [-0.3, -0.25) is 4.79 Å². The van der Waals surface area contributed by atoms with Crippen LogP contribution in [0.1, 0.15) is 22.2 Å². The summed E-state index contributed by atoms with van der Waals surface area (Å²) < 4.78 is 36.5. The highest BCUT2D eigenvalue weighted by Gasteiger charge is 2.21. The van der Waals surface area contributed by atoms with Crippen LogP contribution in [0.25, 0.3) is 0 Å². The van der Waals surface area contributed by atoms with E-state index in [0.29, 0.717) is 13.2 Å². The van der Waals surface area contributed by atoms with E-state index in [-0.39, 0.29) is 11.8 Å². The summed E-state index contributed by atoms with van der Waals surface area (Å²) in [5, 5.41) is 0. The third-order valence-corrected chi connectivity index (χ3v) is 2.11. The molecule has 1 fully saturated rings. The van der Waals surface area contributed by atoms with Crippen molar-refractivity contribution in [3.8, 4) is 0 Å². The molecule has 1 aromatic rings. The zero-order valence-corrected chi connectivity index (χ0v) is 7.70. The first-order valence-corrected chi connectivity index (χ1v) is 4.39. The third-order valence-electron chi connectivity index (χ3n) is 2.11. The van der Waals surface area contributed by atoms with E-state index in [1.54, 1.807) is 0 Å². The molecule has 1 heterocycles. The largest absolute Gasteiger partial charge is 0.346 e. The minimum atomic E-state index is -0.904. The zero-order chi connectivity index (χ0) is 10.8. The van der Waals surface area contributed by atoms with Gasteiger partial charge in [0, 0.05) is 5.56 Å². The quantitative estimate of drug-likeness (QED) is 0.704. The second-order valence-electron chi connectivity index (χ2n) is 3.09. The van der Waals surface area contributed by atoms with Gasteiger partial charge in [0.25, 0.3) is 0 Å². The van der Waals surface area contributed by atoms with Crippen LogP contribution in [0.4, 0.5) is 8.78 Å². The van der Waals surface area contributed by atoms with Crippen molar-refractivity contribution in [3.05, 3.63) is 34.9 Å². The molecule has 0 aromatic heterocycles. The molecule has 0 unspecified atom stereocenters. The topological polar surface area (TPSA) is 35.5 Å². The molecule has 0 amide bonds. The molecule has 0 N–H and O–H groups in total. The SMILES string of the molecule is O=Cc1c(F)cc(C2OCCO2)cc1F. The molecule has 0 spiro atoms. The Morgan fingerprint density at radius 1 is 1.20 bits per heavy atom. The fourth-order valence-electron chi connectivity index (χ4n) is 1.40. The molecule has 0 radical (unpaired) electrons. The van der Waals surface area contributed by atoms with E-state index in [4.69, 9.17) is 9.47 Å². The van der Waals surface area contributed by atoms with Crippen molar-refractivity contribution >= 4 is 6.29 Å². The van der Waals surface area contributed by atoms with Gasteiger partial charge in [0.15, 0.2) is 12.6 Å². The molecule has 15 heavy (non-hydrogen) atoms. The normalized spacial score (nSPS) is 16.9. The maximum Gasteiger partial charge on any atom is 0.184 e. The van der Waals surface area contributed by atoms with Crippen LogP contribution in [0.5, 0.6) is 0 Å². The lowest BCUT2D eigenvalue weighted by Crippen LogP contribution is -2.02. The van der Waals surface area contributed by atoms with Crippen molar-refractivity contribution in [2.45, 2.75) is 6.29 Å². The number of hydrogen-bond donors (Lipinski definition) is 0. The maximum atomic E-state index is 13.2. The van der Waals surface area contributed by atoms with Gasteiger partial charge in [-0.15, -0.1) is 0 Å². The first-order valence-electron chi connectivity index (χ1n) is 4.39. The first-order chi connectivity index (χ1) is 7.22. The Balaban J connectivity index is 2.37. The van der Waals surface area contributed by atoms with E-state index in [2.05, 4.69) is 0 Å². The van der Waals surface area contributed by atoms with Crippen molar-refractivity contribution in [1.82, 2.24) is 0 Å². The minimum absolute atomic E-state index is 0.144. The average molecular weight is 214 g/mol. The van der Waals surface area contributed by atoms with Crippen LogP contribution in [0.3, 0.4) is 0 Å². The van der Waals surface area contributed by atoms with E-state index < -0.39 is 23.5 Å². The number of ether oxygens (including phenoxy) is 2. The lowest BCUT2D eigenvalue weighted by Gasteiger charge is -2.10. The summed E-state index contributed by atoms with van der Waals surface area (Å²) in [6, 6.07) is 2.09. The van der Waals surface area contributed by atoms with Crippen molar-refractivity contribution in [3.63, 3.8) is 0 Å². The van der Waals surface area contributed by atoms with E-state index in [1.807, 2.05) is 0 Å². The van der Waals surface area contributed by atoms with Gasteiger partial charge in [0.1, 0.15) is 11.6 Å². The summed E-state index contributed by atoms with van der Waals surface area (Å²) >= 11 is 0.